The van der Waals surface area contributed by atoms with Crippen LogP contribution in [0.25, 0.3) is 0 Å². The van der Waals surface area contributed by atoms with Crippen LogP contribution in [0.1, 0.15) is 81.1 Å². The SMILES string of the molecule is CC(C)N1CCC(C(C)(C)C(C)(C)N2CC3(CCN(C(C)C)CC3)C2)CC1. The highest BCUT2D eigenvalue weighted by atomic mass is 15.3. The van der Waals surface area contributed by atoms with E-state index in [1.165, 1.54) is 65.0 Å². The van der Waals surface area contributed by atoms with Crippen LogP contribution in [0.4, 0.5) is 0 Å². The van der Waals surface area contributed by atoms with Crippen molar-refractivity contribution in [3.63, 3.8) is 0 Å². The minimum Gasteiger partial charge on any atom is -0.301 e. The van der Waals surface area contributed by atoms with E-state index in [0.717, 1.165) is 5.92 Å². The summed E-state index contributed by atoms with van der Waals surface area (Å²) in [5.74, 6) is 0.849. The number of likely N-dealkylation sites (tertiary alicyclic amines) is 3. The summed E-state index contributed by atoms with van der Waals surface area (Å²) in [7, 11) is 0. The second kappa shape index (κ2) is 7.61. The molecule has 0 atom stereocenters. The Kier molecular flexibility index (Phi) is 6.08. The predicted octanol–water partition coefficient (Wildman–Crippen LogP) is 4.72. The Morgan fingerprint density at radius 1 is 0.741 bits per heavy atom. The zero-order chi connectivity index (χ0) is 20.0. The standard InChI is InChI=1S/C24H47N3/c1-19(2)25-13-9-21(10-14-25)22(5,6)23(7,8)27-17-24(18-27)11-15-26(16-12-24)20(3)4/h19-21H,9-18H2,1-8H3. The molecule has 0 unspecified atom stereocenters. The van der Waals surface area contributed by atoms with E-state index in [4.69, 9.17) is 0 Å². The lowest BCUT2D eigenvalue weighted by Crippen LogP contribution is -2.70. The first-order valence-electron chi connectivity index (χ1n) is 11.7. The first-order chi connectivity index (χ1) is 12.5. The predicted molar refractivity (Wildman–Crippen MR) is 117 cm³/mol. The minimum atomic E-state index is 0.290. The minimum absolute atomic E-state index is 0.290. The number of nitrogens with zero attached hydrogens (tertiary/aromatic N) is 3. The molecular weight excluding hydrogens is 330 g/mol. The fourth-order valence-corrected chi connectivity index (χ4v) is 6.03. The van der Waals surface area contributed by atoms with Crippen molar-refractivity contribution in [2.24, 2.45) is 16.7 Å². The molecule has 3 aliphatic rings. The molecule has 3 aliphatic heterocycles. The molecule has 158 valence electrons. The molecule has 0 amide bonds. The van der Waals surface area contributed by atoms with Gasteiger partial charge in [0.1, 0.15) is 0 Å². The zero-order valence-electron chi connectivity index (χ0n) is 19.6. The summed E-state index contributed by atoms with van der Waals surface area (Å²) in [6.07, 6.45) is 5.56. The molecule has 0 saturated carbocycles. The maximum atomic E-state index is 2.84. The third kappa shape index (κ3) is 3.98. The fourth-order valence-electron chi connectivity index (χ4n) is 6.03. The molecule has 0 radical (unpaired) electrons. The van der Waals surface area contributed by atoms with E-state index in [0.29, 0.717) is 22.9 Å². The highest BCUT2D eigenvalue weighted by Gasteiger charge is 2.55. The van der Waals surface area contributed by atoms with Crippen molar-refractivity contribution in [1.29, 1.82) is 0 Å². The average molecular weight is 378 g/mol. The molecule has 0 aromatic carbocycles. The van der Waals surface area contributed by atoms with Crippen molar-refractivity contribution < 1.29 is 0 Å². The highest BCUT2D eigenvalue weighted by Crippen LogP contribution is 2.52. The number of hydrogen-bond donors (Lipinski definition) is 0. The quantitative estimate of drug-likeness (QED) is 0.686. The van der Waals surface area contributed by atoms with Gasteiger partial charge in [0.15, 0.2) is 0 Å². The van der Waals surface area contributed by atoms with E-state index < -0.39 is 0 Å². The molecule has 3 fully saturated rings. The third-order valence-electron chi connectivity index (χ3n) is 9.29. The van der Waals surface area contributed by atoms with Gasteiger partial charge in [-0.25, -0.2) is 0 Å². The summed E-state index contributed by atoms with van der Waals surface area (Å²) in [6.45, 7) is 27.5. The van der Waals surface area contributed by atoms with Crippen LogP contribution in [0, 0.1) is 16.7 Å². The van der Waals surface area contributed by atoms with Gasteiger partial charge in [-0.2, -0.15) is 0 Å². The van der Waals surface area contributed by atoms with Crippen molar-refractivity contribution in [1.82, 2.24) is 14.7 Å². The Hall–Kier alpha value is -0.120. The molecule has 0 aliphatic carbocycles. The summed E-state index contributed by atoms with van der Waals surface area (Å²) < 4.78 is 0. The van der Waals surface area contributed by atoms with E-state index in [1.807, 2.05) is 0 Å². The van der Waals surface area contributed by atoms with E-state index in [2.05, 4.69) is 70.1 Å². The molecule has 3 rings (SSSR count). The molecule has 27 heavy (non-hydrogen) atoms. The van der Waals surface area contributed by atoms with Crippen LogP contribution in [-0.2, 0) is 0 Å². The second-order valence-corrected chi connectivity index (χ2v) is 11.7. The van der Waals surface area contributed by atoms with Crippen LogP contribution in [0.3, 0.4) is 0 Å². The molecule has 0 aromatic rings. The van der Waals surface area contributed by atoms with Crippen molar-refractivity contribution in [2.45, 2.75) is 98.7 Å². The zero-order valence-corrected chi connectivity index (χ0v) is 19.6. The van der Waals surface area contributed by atoms with Gasteiger partial charge in [0.2, 0.25) is 0 Å². The third-order valence-corrected chi connectivity index (χ3v) is 9.29. The summed E-state index contributed by atoms with van der Waals surface area (Å²) in [5.41, 5.74) is 1.29. The van der Waals surface area contributed by atoms with Crippen molar-refractivity contribution >= 4 is 0 Å². The van der Waals surface area contributed by atoms with Gasteiger partial charge in [-0.1, -0.05) is 13.8 Å². The lowest BCUT2D eigenvalue weighted by Gasteiger charge is -2.64. The van der Waals surface area contributed by atoms with Crippen LogP contribution < -0.4 is 0 Å². The average Bonchev–Trinajstić information content (AvgIpc) is 2.59. The van der Waals surface area contributed by atoms with Crippen LogP contribution in [-0.4, -0.2) is 71.6 Å². The van der Waals surface area contributed by atoms with Crippen LogP contribution >= 0.6 is 0 Å². The van der Waals surface area contributed by atoms with Crippen LogP contribution in [0.15, 0.2) is 0 Å². The van der Waals surface area contributed by atoms with Gasteiger partial charge in [-0.15, -0.1) is 0 Å². The maximum Gasteiger partial charge on any atom is 0.0207 e. The lowest BCUT2D eigenvalue weighted by atomic mass is 9.59. The molecule has 3 heterocycles. The van der Waals surface area contributed by atoms with Gasteiger partial charge in [-0.3, -0.25) is 4.90 Å². The number of hydrogen-bond acceptors (Lipinski definition) is 3. The first-order valence-corrected chi connectivity index (χ1v) is 11.7. The van der Waals surface area contributed by atoms with E-state index >= 15 is 0 Å². The van der Waals surface area contributed by atoms with Crippen LogP contribution in [0.5, 0.6) is 0 Å². The first kappa shape index (κ1) is 21.6. The second-order valence-electron chi connectivity index (χ2n) is 11.7. The Bertz CT molecular complexity index is 484. The number of rotatable bonds is 5. The molecule has 3 nitrogen and oxygen atoms in total. The molecule has 0 aromatic heterocycles. The van der Waals surface area contributed by atoms with Gasteiger partial charge in [0.05, 0.1) is 0 Å². The topological polar surface area (TPSA) is 9.72 Å². The fraction of sp³-hybridized carbons (Fsp3) is 1.00. The van der Waals surface area contributed by atoms with Gasteiger partial charge in [0.25, 0.3) is 0 Å². The summed E-state index contributed by atoms with van der Waals surface area (Å²) in [4.78, 5) is 8.18. The Labute approximate surface area is 169 Å². The van der Waals surface area contributed by atoms with Gasteiger partial charge in [-0.05, 0) is 110 Å². The Morgan fingerprint density at radius 2 is 1.19 bits per heavy atom. The molecule has 1 spiro atoms. The van der Waals surface area contributed by atoms with Crippen molar-refractivity contribution in [2.75, 3.05) is 39.3 Å². The Balaban J connectivity index is 1.57. The van der Waals surface area contributed by atoms with Crippen molar-refractivity contribution in [3.05, 3.63) is 0 Å². The molecule has 3 heteroatoms. The largest absolute Gasteiger partial charge is 0.301 e. The monoisotopic (exact) mass is 377 g/mol. The highest BCUT2D eigenvalue weighted by molar-refractivity contribution is 5.08. The molecule has 3 saturated heterocycles. The van der Waals surface area contributed by atoms with Gasteiger partial charge < -0.3 is 9.80 Å². The summed E-state index contributed by atoms with van der Waals surface area (Å²) in [5, 5.41) is 0. The summed E-state index contributed by atoms with van der Waals surface area (Å²) >= 11 is 0. The van der Waals surface area contributed by atoms with Crippen LogP contribution in [0.2, 0.25) is 0 Å². The van der Waals surface area contributed by atoms with E-state index in [9.17, 15) is 0 Å². The summed E-state index contributed by atoms with van der Waals surface area (Å²) in [6, 6.07) is 1.42. The maximum absolute atomic E-state index is 2.84. The van der Waals surface area contributed by atoms with E-state index in [-0.39, 0.29) is 5.54 Å². The molecule has 0 N–H and O–H groups in total. The lowest BCUT2D eigenvalue weighted by molar-refractivity contribution is -0.148. The van der Waals surface area contributed by atoms with Gasteiger partial charge in [0, 0.05) is 30.7 Å². The normalized spacial score (nSPS) is 26.9. The van der Waals surface area contributed by atoms with Gasteiger partial charge >= 0.3 is 0 Å². The van der Waals surface area contributed by atoms with Crippen molar-refractivity contribution in [3.8, 4) is 0 Å². The molecular formula is C24H47N3. The molecule has 0 bridgehead atoms. The smallest absolute Gasteiger partial charge is 0.0207 e. The van der Waals surface area contributed by atoms with E-state index in [1.54, 1.807) is 0 Å². The number of piperidine rings is 2. The Morgan fingerprint density at radius 3 is 1.63 bits per heavy atom.